The molecule has 0 aliphatic heterocycles. The summed E-state index contributed by atoms with van der Waals surface area (Å²) in [5, 5.41) is 8.74. The molecule has 1 aromatic rings. The van der Waals surface area contributed by atoms with Crippen LogP contribution in [0.3, 0.4) is 0 Å². The van der Waals surface area contributed by atoms with Crippen molar-refractivity contribution in [2.45, 2.75) is 44.0 Å². The lowest BCUT2D eigenvalue weighted by Gasteiger charge is -2.15. The van der Waals surface area contributed by atoms with E-state index < -0.39 is 44.1 Å². The van der Waals surface area contributed by atoms with Crippen molar-refractivity contribution in [3.8, 4) is 0 Å². The zero-order chi connectivity index (χ0) is 16.2. The van der Waals surface area contributed by atoms with Crippen molar-refractivity contribution in [1.29, 1.82) is 0 Å². The van der Waals surface area contributed by atoms with E-state index in [1.165, 1.54) is 0 Å². The second-order valence-electron chi connectivity index (χ2n) is 4.70. The minimum atomic E-state index is -4.25. The number of nitrogens with one attached hydrogen (secondary N) is 1. The number of rotatable bonds is 7. The van der Waals surface area contributed by atoms with Crippen LogP contribution < -0.4 is 4.72 Å². The van der Waals surface area contributed by atoms with E-state index in [0.717, 1.165) is 12.8 Å². The van der Waals surface area contributed by atoms with Crippen LogP contribution in [0.4, 0.5) is 8.78 Å². The average Bonchev–Trinajstić information content (AvgIpc) is 2.34. The molecule has 0 fully saturated rings. The van der Waals surface area contributed by atoms with Crippen LogP contribution in [-0.4, -0.2) is 25.5 Å². The molecule has 118 valence electrons. The third-order valence-corrected chi connectivity index (χ3v) is 4.51. The maximum absolute atomic E-state index is 13.9. The molecule has 0 bridgehead atoms. The van der Waals surface area contributed by atoms with Crippen molar-refractivity contribution in [2.24, 2.45) is 0 Å². The molecule has 1 unspecified atom stereocenters. The van der Waals surface area contributed by atoms with Crippen LogP contribution in [0.5, 0.6) is 0 Å². The summed E-state index contributed by atoms with van der Waals surface area (Å²) in [4.78, 5) is 9.92. The van der Waals surface area contributed by atoms with Crippen LogP contribution in [0.1, 0.15) is 43.5 Å². The maximum Gasteiger partial charge on any atom is 0.341 e. The normalized spacial score (nSPS) is 13.1. The highest BCUT2D eigenvalue weighted by Crippen LogP contribution is 2.21. The molecule has 0 aliphatic carbocycles. The molecule has 0 spiro atoms. The van der Waals surface area contributed by atoms with Crippen LogP contribution >= 0.6 is 0 Å². The molecule has 0 aromatic heterocycles. The Balaban J connectivity index is 3.15. The molecule has 2 N–H and O–H groups in total. The number of carboxylic acids is 1. The van der Waals surface area contributed by atoms with Gasteiger partial charge in [-0.25, -0.2) is 26.7 Å². The molecule has 0 radical (unpaired) electrons. The lowest BCUT2D eigenvalue weighted by molar-refractivity contribution is 0.0685. The van der Waals surface area contributed by atoms with Crippen molar-refractivity contribution >= 4 is 16.0 Å². The summed E-state index contributed by atoms with van der Waals surface area (Å²) < 4.78 is 53.5. The average molecular weight is 321 g/mol. The van der Waals surface area contributed by atoms with E-state index in [1.807, 2.05) is 6.92 Å². The topological polar surface area (TPSA) is 83.5 Å². The van der Waals surface area contributed by atoms with Gasteiger partial charge in [0.25, 0.3) is 0 Å². The first-order chi connectivity index (χ1) is 9.70. The Hall–Kier alpha value is -1.54. The quantitative estimate of drug-likeness (QED) is 0.808. The number of aromatic carboxylic acids is 1. The Bertz CT molecular complexity index is 631. The van der Waals surface area contributed by atoms with Gasteiger partial charge in [0.05, 0.1) is 0 Å². The van der Waals surface area contributed by atoms with Crippen molar-refractivity contribution in [1.82, 2.24) is 4.72 Å². The highest BCUT2D eigenvalue weighted by Gasteiger charge is 2.27. The van der Waals surface area contributed by atoms with Crippen LogP contribution in [0.15, 0.2) is 17.0 Å². The van der Waals surface area contributed by atoms with Crippen LogP contribution in [0, 0.1) is 11.6 Å². The van der Waals surface area contributed by atoms with Gasteiger partial charge in [0.15, 0.2) is 5.82 Å². The smallest absolute Gasteiger partial charge is 0.341 e. The number of halogens is 2. The minimum absolute atomic E-state index is 0.437. The number of carboxylic acid groups (broad SMARTS) is 1. The molecule has 0 aliphatic rings. The first kappa shape index (κ1) is 17.5. The molecule has 1 rings (SSSR count). The summed E-state index contributed by atoms with van der Waals surface area (Å²) in [6.07, 6.45) is 2.22. The molecule has 0 amide bonds. The van der Waals surface area contributed by atoms with Gasteiger partial charge in [0.2, 0.25) is 10.0 Å². The van der Waals surface area contributed by atoms with Gasteiger partial charge in [0, 0.05) is 6.04 Å². The molecule has 0 saturated heterocycles. The van der Waals surface area contributed by atoms with Gasteiger partial charge in [-0.05, 0) is 25.5 Å². The van der Waals surface area contributed by atoms with Gasteiger partial charge in [-0.2, -0.15) is 0 Å². The largest absolute Gasteiger partial charge is 0.477 e. The maximum atomic E-state index is 13.9. The van der Waals surface area contributed by atoms with Crippen LogP contribution in [0.2, 0.25) is 0 Å². The summed E-state index contributed by atoms with van der Waals surface area (Å²) in [6, 6.07) is 0.900. The fourth-order valence-corrected chi connectivity index (χ4v) is 3.19. The third kappa shape index (κ3) is 4.21. The second-order valence-corrected chi connectivity index (χ2v) is 6.39. The number of hydrogen-bond donors (Lipinski definition) is 2. The van der Waals surface area contributed by atoms with E-state index in [-0.39, 0.29) is 0 Å². The standard InChI is InChI=1S/C13H17F2NO4S/c1-3-4-5-8(2)16-21(19,20)10-7-6-9(14)11(12(10)15)13(17)18/h6-8,16H,3-5H2,1-2H3,(H,17,18). The van der Waals surface area contributed by atoms with Gasteiger partial charge >= 0.3 is 5.97 Å². The van der Waals surface area contributed by atoms with Crippen molar-refractivity contribution in [3.63, 3.8) is 0 Å². The predicted octanol–water partition coefficient (Wildman–Crippen LogP) is 2.52. The van der Waals surface area contributed by atoms with Crippen molar-refractivity contribution in [2.75, 3.05) is 0 Å². The Labute approximate surface area is 122 Å². The molecule has 1 aromatic carbocycles. The van der Waals surface area contributed by atoms with E-state index in [1.54, 1.807) is 6.92 Å². The summed E-state index contributed by atoms with van der Waals surface area (Å²) in [7, 11) is -4.25. The zero-order valence-electron chi connectivity index (χ0n) is 11.7. The summed E-state index contributed by atoms with van der Waals surface area (Å²) in [5.41, 5.74) is -1.28. The Morgan fingerprint density at radius 3 is 2.52 bits per heavy atom. The van der Waals surface area contributed by atoms with E-state index in [0.29, 0.717) is 18.6 Å². The first-order valence-electron chi connectivity index (χ1n) is 6.44. The summed E-state index contributed by atoms with van der Waals surface area (Å²) in [6.45, 7) is 3.56. The molecule has 0 heterocycles. The van der Waals surface area contributed by atoms with Gasteiger partial charge in [-0.15, -0.1) is 0 Å². The van der Waals surface area contributed by atoms with E-state index >= 15 is 0 Å². The van der Waals surface area contributed by atoms with E-state index in [4.69, 9.17) is 5.11 Å². The van der Waals surface area contributed by atoms with Crippen molar-refractivity contribution < 1.29 is 27.1 Å². The van der Waals surface area contributed by atoms with Gasteiger partial charge in [-0.1, -0.05) is 19.8 Å². The zero-order valence-corrected chi connectivity index (χ0v) is 12.5. The predicted molar refractivity (Wildman–Crippen MR) is 72.6 cm³/mol. The number of sulfonamides is 1. The number of carbonyl (C=O) groups is 1. The highest BCUT2D eigenvalue weighted by molar-refractivity contribution is 7.89. The third-order valence-electron chi connectivity index (χ3n) is 2.91. The lowest BCUT2D eigenvalue weighted by atomic mass is 10.2. The Kier molecular flexibility index (Phi) is 5.79. The molecule has 0 saturated carbocycles. The van der Waals surface area contributed by atoms with E-state index in [9.17, 15) is 22.0 Å². The van der Waals surface area contributed by atoms with Gasteiger partial charge in [-0.3, -0.25) is 0 Å². The lowest BCUT2D eigenvalue weighted by Crippen LogP contribution is -2.33. The van der Waals surface area contributed by atoms with Crippen LogP contribution in [-0.2, 0) is 10.0 Å². The number of benzene rings is 1. The van der Waals surface area contributed by atoms with E-state index in [2.05, 4.69) is 4.72 Å². The first-order valence-corrected chi connectivity index (χ1v) is 7.92. The fraction of sp³-hybridized carbons (Fsp3) is 0.462. The Morgan fingerprint density at radius 1 is 1.38 bits per heavy atom. The molecular formula is C13H17F2NO4S. The molecule has 1 atom stereocenters. The Morgan fingerprint density at radius 2 is 2.00 bits per heavy atom. The SMILES string of the molecule is CCCCC(C)NS(=O)(=O)c1ccc(F)c(C(=O)O)c1F. The molecule has 21 heavy (non-hydrogen) atoms. The molecular weight excluding hydrogens is 304 g/mol. The molecule has 8 heteroatoms. The van der Waals surface area contributed by atoms with Gasteiger partial charge < -0.3 is 5.11 Å². The second kappa shape index (κ2) is 6.95. The number of hydrogen-bond acceptors (Lipinski definition) is 3. The molecule has 5 nitrogen and oxygen atoms in total. The minimum Gasteiger partial charge on any atom is -0.477 e. The monoisotopic (exact) mass is 321 g/mol. The number of unbranched alkanes of at least 4 members (excludes halogenated alkanes) is 1. The fourth-order valence-electron chi connectivity index (χ4n) is 1.83. The summed E-state index contributed by atoms with van der Waals surface area (Å²) >= 11 is 0. The van der Waals surface area contributed by atoms with Crippen LogP contribution in [0.25, 0.3) is 0 Å². The summed E-state index contributed by atoms with van der Waals surface area (Å²) in [5.74, 6) is -4.78. The van der Waals surface area contributed by atoms with Crippen molar-refractivity contribution in [3.05, 3.63) is 29.3 Å². The van der Waals surface area contributed by atoms with Gasteiger partial charge in [0.1, 0.15) is 16.3 Å². The highest BCUT2D eigenvalue weighted by atomic mass is 32.2.